The van der Waals surface area contributed by atoms with E-state index in [9.17, 15) is 86.6 Å². The molecular weight excluding hydrogens is 1560 g/mol. The SMILES string of the molecule is CC[C@H](C)[C@@H]([C@@H](CC(=O)N1CCC[C@H]1[C@H](OC)[C@@H](C)C(=O)N[C@@H](Cc1ccccc1)C(=O)NCCCOC(=O)C(C)NC(=O)CC(NC(=O)CCNC(=O)OCC(NC(=O)CNC(=O)CNC(=O)CNC(=O)CNC(=O)CCNC(=O)CCOCC(C)(C)C)C(=O)NCCOC)C(=O)O)OC)N(C)C(=O)C(NC(=O)[C@H](C(C)C)N(C)C)C(C)C. The third-order valence-corrected chi connectivity index (χ3v) is 19.2. The number of hydrogen-bond acceptors (Lipinski definition) is 24. The van der Waals surface area contributed by atoms with E-state index in [-0.39, 0.29) is 118 Å². The number of carbonyl (C=O) groups is 17. The number of rotatable bonds is 56. The maximum Gasteiger partial charge on any atom is 0.407 e. The molecule has 4 unspecified atom stereocenters. The third kappa shape index (κ3) is 40.9. The van der Waals surface area contributed by atoms with Crippen LogP contribution < -0.4 is 69.1 Å². The van der Waals surface area contributed by atoms with E-state index in [0.29, 0.717) is 32.4 Å². The molecule has 1 heterocycles. The summed E-state index contributed by atoms with van der Waals surface area (Å²) in [5.74, 6) is -12.8. The number of hydrogen-bond donors (Lipinski definition) is 14. The second kappa shape index (κ2) is 55.5. The number of likely N-dealkylation sites (tertiary alicyclic amines) is 1. The molecule has 14 N–H and O–H groups in total. The predicted octanol–water partition coefficient (Wildman–Crippen LogP) is -2.34. The molecule has 1 aromatic carbocycles. The maximum atomic E-state index is 14.6. The van der Waals surface area contributed by atoms with Crippen molar-refractivity contribution in [2.75, 3.05) is 134 Å². The standard InChI is InChI=1S/C79H132N16O24/c1-18-49(6)69(94(14)75(109)67(47(2)3)92-74(108)68(48(4)5)93(12)13)57(115-16)40-66(104)95-34-22-26-56(95)70(116-17)50(7)71(105)91-53(38-52-24-20-19-21-25-52)72(106)81-30-23-35-118-77(112)51(8)88-61(99)39-54(76(110)111)89-60(98)28-32-83-78(113)119-45-55(73(107)82-33-37-114-15)90-65(103)44-87-64(102)43-86-63(101)42-85-62(100)41-84-58(96)27-31-80-59(97)29-36-117-46-79(9,10)11/h19-21,24-25,47-51,53-57,67-70H,18,22-23,26-46H2,1-17H3,(H,80,97)(H,81,106)(H,82,107)(H,83,113)(H,84,96)(H,85,100)(H,86,101)(H,87,102)(H,88,99)(H,89,98)(H,90,103)(H,91,105)(H,92,108)(H,110,111)/t49-,50+,51?,53-,54?,55?,56-,57+,67?,68-,69-,70+/m0/s1. The molecule has 0 aromatic heterocycles. The second-order valence-corrected chi connectivity index (χ2v) is 31.2. The van der Waals surface area contributed by atoms with Crippen LogP contribution in [-0.2, 0) is 112 Å². The molecule has 2 rings (SSSR count). The van der Waals surface area contributed by atoms with Crippen molar-refractivity contribution in [2.24, 2.45) is 29.1 Å². The Bertz CT molecular complexity index is 3470. The fraction of sp³-hybridized carbons (Fsp3) is 0.709. The lowest BCUT2D eigenvalue weighted by Crippen LogP contribution is -2.59. The zero-order valence-electron chi connectivity index (χ0n) is 72.1. The smallest absolute Gasteiger partial charge is 0.407 e. The van der Waals surface area contributed by atoms with Gasteiger partial charge in [0.25, 0.3) is 0 Å². The van der Waals surface area contributed by atoms with Crippen LogP contribution in [0.25, 0.3) is 0 Å². The van der Waals surface area contributed by atoms with Crippen molar-refractivity contribution in [3.8, 4) is 0 Å². The predicted molar refractivity (Wildman–Crippen MR) is 433 cm³/mol. The molecule has 1 fully saturated rings. The maximum absolute atomic E-state index is 14.6. The molecule has 0 radical (unpaired) electrons. The van der Waals surface area contributed by atoms with Crippen LogP contribution in [0.3, 0.4) is 0 Å². The summed E-state index contributed by atoms with van der Waals surface area (Å²) in [6.07, 6.45) is -2.38. The number of methoxy groups -OCH3 is 3. The summed E-state index contributed by atoms with van der Waals surface area (Å²) in [5.41, 5.74) is 0.672. The first kappa shape index (κ1) is 105. The van der Waals surface area contributed by atoms with E-state index < -0.39 is 196 Å². The summed E-state index contributed by atoms with van der Waals surface area (Å²) in [7, 11) is 9.61. The molecule has 0 aliphatic carbocycles. The summed E-state index contributed by atoms with van der Waals surface area (Å²) in [5, 5.41) is 41.6. The van der Waals surface area contributed by atoms with E-state index in [1.165, 1.54) is 28.3 Å². The van der Waals surface area contributed by atoms with Crippen LogP contribution in [0, 0.1) is 29.1 Å². The van der Waals surface area contributed by atoms with E-state index in [0.717, 1.165) is 5.56 Å². The first-order valence-electron chi connectivity index (χ1n) is 40.2. The van der Waals surface area contributed by atoms with Crippen LogP contribution in [0.4, 0.5) is 4.79 Å². The zero-order chi connectivity index (χ0) is 89.6. The first-order chi connectivity index (χ1) is 56.1. The lowest BCUT2D eigenvalue weighted by molar-refractivity contribution is -0.148. The van der Waals surface area contributed by atoms with Crippen molar-refractivity contribution >= 4 is 101 Å². The molecule has 40 nitrogen and oxygen atoms in total. The number of benzene rings is 1. The highest BCUT2D eigenvalue weighted by molar-refractivity contribution is 5.95. The van der Waals surface area contributed by atoms with Gasteiger partial charge in [0.05, 0.1) is 102 Å². The van der Waals surface area contributed by atoms with Crippen molar-refractivity contribution in [2.45, 2.75) is 201 Å². The minimum atomic E-state index is -1.82. The Morgan fingerprint density at radius 3 is 1.69 bits per heavy atom. The van der Waals surface area contributed by atoms with Crippen LogP contribution in [-0.4, -0.2) is 315 Å². The van der Waals surface area contributed by atoms with E-state index in [1.54, 1.807) is 54.1 Å². The average molecular weight is 1690 g/mol. The molecule has 1 aliphatic heterocycles. The van der Waals surface area contributed by atoms with Gasteiger partial charge in [-0.3, -0.25) is 72.0 Å². The summed E-state index contributed by atoms with van der Waals surface area (Å²) >= 11 is 0. The average Bonchev–Trinajstić information content (AvgIpc) is 1.77. The summed E-state index contributed by atoms with van der Waals surface area (Å²) in [6, 6.07) is 0.694. The number of alkyl carbamates (subject to hydrolysis) is 1. The van der Waals surface area contributed by atoms with Gasteiger partial charge < -0.3 is 112 Å². The highest BCUT2D eigenvalue weighted by Crippen LogP contribution is 2.30. The van der Waals surface area contributed by atoms with E-state index in [2.05, 4.69) is 69.1 Å². The van der Waals surface area contributed by atoms with Crippen molar-refractivity contribution in [1.82, 2.24) is 83.8 Å². The first-order valence-corrected chi connectivity index (χ1v) is 40.2. The number of carbonyl (C=O) groups excluding carboxylic acids is 16. The number of nitrogens with one attached hydrogen (secondary N) is 13. The van der Waals surface area contributed by atoms with E-state index >= 15 is 0 Å². The third-order valence-electron chi connectivity index (χ3n) is 19.2. The van der Waals surface area contributed by atoms with E-state index in [4.69, 9.17) is 28.4 Å². The minimum absolute atomic E-state index is 0.0183. The van der Waals surface area contributed by atoms with E-state index in [1.807, 2.05) is 81.3 Å². The molecular formula is C79H132N16O24. The highest BCUT2D eigenvalue weighted by Gasteiger charge is 2.44. The van der Waals surface area contributed by atoms with Crippen molar-refractivity contribution in [3.05, 3.63) is 35.9 Å². The van der Waals surface area contributed by atoms with Crippen molar-refractivity contribution in [1.29, 1.82) is 0 Å². The largest absolute Gasteiger partial charge is 0.480 e. The van der Waals surface area contributed by atoms with Crippen molar-refractivity contribution < 1.29 is 115 Å². The Morgan fingerprint density at radius 2 is 1.13 bits per heavy atom. The number of amides is 15. The minimum Gasteiger partial charge on any atom is -0.480 e. The molecule has 119 heavy (non-hydrogen) atoms. The summed E-state index contributed by atoms with van der Waals surface area (Å²) < 4.78 is 32.9. The molecule has 0 saturated carbocycles. The molecule has 12 atom stereocenters. The Balaban J connectivity index is 1.92. The molecule has 1 aliphatic rings. The Kier molecular flexibility index (Phi) is 49.0. The van der Waals surface area contributed by atoms with Gasteiger partial charge in [-0.1, -0.05) is 106 Å². The van der Waals surface area contributed by atoms with Crippen LogP contribution in [0.1, 0.15) is 140 Å². The molecule has 40 heteroatoms. The molecule has 1 saturated heterocycles. The van der Waals surface area contributed by atoms with Gasteiger partial charge in [-0.15, -0.1) is 0 Å². The Hall–Kier alpha value is -10.2. The van der Waals surface area contributed by atoms with Crippen molar-refractivity contribution in [3.63, 3.8) is 0 Å². The topological polar surface area (TPSA) is 532 Å². The fourth-order valence-corrected chi connectivity index (χ4v) is 12.7. The molecule has 0 spiro atoms. The Morgan fingerprint density at radius 1 is 0.555 bits per heavy atom. The number of esters is 1. The van der Waals surface area contributed by atoms with Gasteiger partial charge in [0.1, 0.15) is 36.8 Å². The summed E-state index contributed by atoms with van der Waals surface area (Å²) in [6.45, 7) is 17.6. The normalized spacial score (nSPS) is 15.4. The number of ether oxygens (including phenoxy) is 6. The molecule has 0 bridgehead atoms. The lowest BCUT2D eigenvalue weighted by Gasteiger charge is -2.41. The number of carboxylic acid groups (broad SMARTS) is 1. The summed E-state index contributed by atoms with van der Waals surface area (Å²) in [4.78, 5) is 227. The molecule has 1 aromatic rings. The Labute approximate surface area is 697 Å². The van der Waals surface area contributed by atoms with Crippen LogP contribution >= 0.6 is 0 Å². The zero-order valence-corrected chi connectivity index (χ0v) is 72.1. The van der Waals surface area contributed by atoms with Crippen LogP contribution in [0.2, 0.25) is 0 Å². The van der Waals surface area contributed by atoms with Crippen LogP contribution in [0.5, 0.6) is 0 Å². The van der Waals surface area contributed by atoms with Gasteiger partial charge in [-0.05, 0) is 69.0 Å². The number of likely N-dealkylation sites (N-methyl/N-ethyl adjacent to an activating group) is 2. The lowest BCUT2D eigenvalue weighted by atomic mass is 9.89. The fourth-order valence-electron chi connectivity index (χ4n) is 12.7. The van der Waals surface area contributed by atoms with Gasteiger partial charge in [-0.25, -0.2) is 14.4 Å². The number of aliphatic carboxylic acids is 1. The van der Waals surface area contributed by atoms with Gasteiger partial charge >= 0.3 is 18.0 Å². The quantitative estimate of drug-likeness (QED) is 0.0240. The number of carboxylic acids is 1. The molecule has 15 amide bonds. The number of nitrogens with zero attached hydrogens (tertiary/aromatic N) is 3. The molecule has 672 valence electrons. The van der Waals surface area contributed by atoms with Gasteiger partial charge in [0.15, 0.2) is 0 Å². The monoisotopic (exact) mass is 1690 g/mol. The van der Waals surface area contributed by atoms with Gasteiger partial charge in [0, 0.05) is 86.8 Å². The van der Waals surface area contributed by atoms with Gasteiger partial charge in [0.2, 0.25) is 82.7 Å². The van der Waals surface area contributed by atoms with Gasteiger partial charge in [-0.2, -0.15) is 0 Å². The van der Waals surface area contributed by atoms with Crippen LogP contribution in [0.15, 0.2) is 30.3 Å². The highest BCUT2D eigenvalue weighted by atomic mass is 16.6. The second-order valence-electron chi connectivity index (χ2n) is 31.2.